The van der Waals surface area contributed by atoms with Gasteiger partial charge in [0.2, 0.25) is 0 Å². The molecule has 6 nitrogen and oxygen atoms in total. The van der Waals surface area contributed by atoms with E-state index in [-0.39, 0.29) is 12.5 Å². The zero-order chi connectivity index (χ0) is 16.8. The van der Waals surface area contributed by atoms with Gasteiger partial charge in [-0.3, -0.25) is 9.89 Å². The van der Waals surface area contributed by atoms with Crippen LogP contribution in [0.5, 0.6) is 0 Å². The van der Waals surface area contributed by atoms with Gasteiger partial charge in [-0.15, -0.1) is 0 Å². The number of para-hydroxylation sites is 1. The summed E-state index contributed by atoms with van der Waals surface area (Å²) in [7, 11) is 0. The number of aromatic amines is 1. The summed E-state index contributed by atoms with van der Waals surface area (Å²) in [5, 5.41) is 10.3. The van der Waals surface area contributed by atoms with Crippen LogP contribution in [0.1, 0.15) is 6.92 Å². The number of anilines is 1. The normalized spacial score (nSPS) is 10.4. The van der Waals surface area contributed by atoms with Crippen molar-refractivity contribution in [2.45, 2.75) is 6.92 Å². The Balaban J connectivity index is 1.82. The number of carbonyl (C=O) groups excluding carboxylic acids is 1. The zero-order valence-electron chi connectivity index (χ0n) is 13.3. The van der Waals surface area contributed by atoms with Crippen molar-refractivity contribution in [1.82, 2.24) is 15.2 Å². The minimum absolute atomic E-state index is 0.102. The Labute approximate surface area is 139 Å². The maximum atomic E-state index is 11.5. The van der Waals surface area contributed by atoms with E-state index in [2.05, 4.69) is 20.5 Å². The third-order valence-corrected chi connectivity index (χ3v) is 3.43. The molecule has 122 valence electrons. The number of nitrogens with zero attached hydrogens (tertiary/aromatic N) is 2. The summed E-state index contributed by atoms with van der Waals surface area (Å²) in [6, 6.07) is 17.4. The van der Waals surface area contributed by atoms with Crippen LogP contribution in [-0.2, 0) is 9.53 Å². The fourth-order valence-electron chi connectivity index (χ4n) is 2.32. The Bertz CT molecular complexity index is 815. The van der Waals surface area contributed by atoms with E-state index in [1.807, 2.05) is 54.6 Å². The molecule has 0 saturated heterocycles. The first-order valence-corrected chi connectivity index (χ1v) is 7.74. The molecule has 0 spiro atoms. The van der Waals surface area contributed by atoms with Crippen molar-refractivity contribution >= 4 is 11.7 Å². The SMILES string of the molecule is CCOC(=O)CNc1ccccc1-c1nc(-c2ccccc2)n[nH]1. The number of nitrogens with one attached hydrogen (secondary N) is 2. The molecule has 1 heterocycles. The van der Waals surface area contributed by atoms with E-state index < -0.39 is 0 Å². The summed E-state index contributed by atoms with van der Waals surface area (Å²) >= 11 is 0. The van der Waals surface area contributed by atoms with Crippen LogP contribution in [0.3, 0.4) is 0 Å². The van der Waals surface area contributed by atoms with Gasteiger partial charge in [0.1, 0.15) is 6.54 Å². The van der Waals surface area contributed by atoms with Gasteiger partial charge in [0.15, 0.2) is 11.6 Å². The minimum atomic E-state index is -0.296. The standard InChI is InChI=1S/C18H18N4O2/c1-2-24-16(23)12-19-15-11-7-6-10-14(15)18-20-17(21-22-18)13-8-4-3-5-9-13/h3-11,19H,2,12H2,1H3,(H,20,21,22). The van der Waals surface area contributed by atoms with Gasteiger partial charge in [-0.2, -0.15) is 5.10 Å². The molecule has 0 radical (unpaired) electrons. The molecule has 0 fully saturated rings. The molecule has 6 heteroatoms. The molecule has 1 aromatic heterocycles. The summed E-state index contributed by atoms with van der Waals surface area (Å²) in [5.41, 5.74) is 2.58. The summed E-state index contributed by atoms with van der Waals surface area (Å²) in [6.07, 6.45) is 0. The van der Waals surface area contributed by atoms with E-state index >= 15 is 0 Å². The molecule has 0 aliphatic carbocycles. The van der Waals surface area contributed by atoms with Gasteiger partial charge in [-0.05, 0) is 19.1 Å². The van der Waals surface area contributed by atoms with Crippen LogP contribution in [0.2, 0.25) is 0 Å². The summed E-state index contributed by atoms with van der Waals surface area (Å²) in [5.74, 6) is 0.974. The molecule has 0 bridgehead atoms. The number of esters is 1. The van der Waals surface area contributed by atoms with Crippen molar-refractivity contribution in [3.8, 4) is 22.8 Å². The minimum Gasteiger partial charge on any atom is -0.465 e. The highest BCUT2D eigenvalue weighted by atomic mass is 16.5. The number of ether oxygens (including phenoxy) is 1. The second kappa shape index (κ2) is 7.41. The number of benzene rings is 2. The molecule has 0 aliphatic heterocycles. The molecule has 3 aromatic rings. The number of H-pyrrole nitrogens is 1. The molecule has 2 N–H and O–H groups in total. The van der Waals surface area contributed by atoms with E-state index in [0.717, 1.165) is 16.8 Å². The highest BCUT2D eigenvalue weighted by Gasteiger charge is 2.12. The predicted octanol–water partition coefficient (Wildman–Crippen LogP) is 3.11. The number of hydrogen-bond acceptors (Lipinski definition) is 5. The Morgan fingerprint density at radius 1 is 1.12 bits per heavy atom. The van der Waals surface area contributed by atoms with Crippen LogP contribution in [-0.4, -0.2) is 34.3 Å². The lowest BCUT2D eigenvalue weighted by Gasteiger charge is -2.09. The van der Waals surface area contributed by atoms with Crippen LogP contribution >= 0.6 is 0 Å². The average Bonchev–Trinajstić information content (AvgIpc) is 3.11. The van der Waals surface area contributed by atoms with E-state index in [0.29, 0.717) is 18.3 Å². The summed E-state index contributed by atoms with van der Waals surface area (Å²) in [6.45, 7) is 2.25. The van der Waals surface area contributed by atoms with Crippen LogP contribution in [0.4, 0.5) is 5.69 Å². The van der Waals surface area contributed by atoms with Crippen molar-refractivity contribution in [2.75, 3.05) is 18.5 Å². The third kappa shape index (κ3) is 3.60. The number of carbonyl (C=O) groups is 1. The molecule has 2 aromatic carbocycles. The Hall–Kier alpha value is -3.15. The van der Waals surface area contributed by atoms with Gasteiger partial charge in [0, 0.05) is 16.8 Å². The van der Waals surface area contributed by atoms with Crippen molar-refractivity contribution in [3.63, 3.8) is 0 Å². The van der Waals surface area contributed by atoms with Crippen molar-refractivity contribution in [1.29, 1.82) is 0 Å². The van der Waals surface area contributed by atoms with E-state index in [1.54, 1.807) is 6.92 Å². The smallest absolute Gasteiger partial charge is 0.325 e. The second-order valence-corrected chi connectivity index (χ2v) is 5.08. The molecule has 3 rings (SSSR count). The lowest BCUT2D eigenvalue weighted by atomic mass is 10.1. The van der Waals surface area contributed by atoms with Crippen LogP contribution in [0.15, 0.2) is 54.6 Å². The van der Waals surface area contributed by atoms with Gasteiger partial charge < -0.3 is 10.1 Å². The Morgan fingerprint density at radius 2 is 1.88 bits per heavy atom. The monoisotopic (exact) mass is 322 g/mol. The first-order valence-electron chi connectivity index (χ1n) is 7.74. The molecular weight excluding hydrogens is 304 g/mol. The molecule has 0 amide bonds. The Kier molecular flexibility index (Phi) is 4.86. The maximum absolute atomic E-state index is 11.5. The highest BCUT2D eigenvalue weighted by Crippen LogP contribution is 2.26. The molecule has 0 atom stereocenters. The average molecular weight is 322 g/mol. The number of aromatic nitrogens is 3. The van der Waals surface area contributed by atoms with Crippen molar-refractivity contribution in [2.24, 2.45) is 0 Å². The second-order valence-electron chi connectivity index (χ2n) is 5.08. The van der Waals surface area contributed by atoms with Crippen LogP contribution in [0, 0.1) is 0 Å². The van der Waals surface area contributed by atoms with E-state index in [9.17, 15) is 4.79 Å². The summed E-state index contributed by atoms with van der Waals surface area (Å²) in [4.78, 5) is 16.1. The first kappa shape index (κ1) is 15.7. The molecule has 0 unspecified atom stereocenters. The molecule has 24 heavy (non-hydrogen) atoms. The van der Waals surface area contributed by atoms with Crippen LogP contribution < -0.4 is 5.32 Å². The quantitative estimate of drug-likeness (QED) is 0.682. The summed E-state index contributed by atoms with van der Waals surface area (Å²) < 4.78 is 4.93. The topological polar surface area (TPSA) is 79.9 Å². The zero-order valence-corrected chi connectivity index (χ0v) is 13.3. The largest absolute Gasteiger partial charge is 0.465 e. The number of hydrogen-bond donors (Lipinski definition) is 2. The fourth-order valence-corrected chi connectivity index (χ4v) is 2.32. The maximum Gasteiger partial charge on any atom is 0.325 e. The fraction of sp³-hybridized carbons (Fsp3) is 0.167. The van der Waals surface area contributed by atoms with Crippen molar-refractivity contribution in [3.05, 3.63) is 54.6 Å². The highest BCUT2D eigenvalue weighted by molar-refractivity contribution is 5.80. The van der Waals surface area contributed by atoms with Gasteiger partial charge in [0.25, 0.3) is 0 Å². The van der Waals surface area contributed by atoms with Crippen LogP contribution in [0.25, 0.3) is 22.8 Å². The molecule has 0 saturated carbocycles. The van der Waals surface area contributed by atoms with Gasteiger partial charge >= 0.3 is 5.97 Å². The van der Waals surface area contributed by atoms with Gasteiger partial charge in [-0.1, -0.05) is 42.5 Å². The lowest BCUT2D eigenvalue weighted by molar-refractivity contribution is -0.140. The Morgan fingerprint density at radius 3 is 2.67 bits per heavy atom. The number of rotatable bonds is 6. The lowest BCUT2D eigenvalue weighted by Crippen LogP contribution is -2.17. The first-order chi connectivity index (χ1) is 11.8. The van der Waals surface area contributed by atoms with E-state index in [1.165, 1.54) is 0 Å². The predicted molar refractivity (Wildman–Crippen MR) is 92.4 cm³/mol. The van der Waals surface area contributed by atoms with Crippen molar-refractivity contribution < 1.29 is 9.53 Å². The molecular formula is C18H18N4O2. The van der Waals surface area contributed by atoms with E-state index in [4.69, 9.17) is 4.74 Å². The van der Waals surface area contributed by atoms with Gasteiger partial charge in [-0.25, -0.2) is 4.98 Å². The van der Waals surface area contributed by atoms with Gasteiger partial charge in [0.05, 0.1) is 6.61 Å². The molecule has 0 aliphatic rings. The third-order valence-electron chi connectivity index (χ3n) is 3.43.